The van der Waals surface area contributed by atoms with Crippen LogP contribution >= 0.6 is 23.4 Å². The fourth-order valence-corrected chi connectivity index (χ4v) is 3.20. The van der Waals surface area contributed by atoms with Crippen LogP contribution in [0, 0.1) is 0 Å². The zero-order valence-corrected chi connectivity index (χ0v) is 16.2. The molecule has 6 nitrogen and oxygen atoms in total. The highest BCUT2D eigenvalue weighted by molar-refractivity contribution is 8.00. The topological polar surface area (TPSA) is 69.0 Å². The van der Waals surface area contributed by atoms with E-state index in [4.69, 9.17) is 16.3 Å². The Labute approximate surface area is 163 Å². The highest BCUT2D eigenvalue weighted by Gasteiger charge is 2.34. The number of alkyl halides is 3. The van der Waals surface area contributed by atoms with Gasteiger partial charge in [-0.25, -0.2) is 0 Å². The van der Waals surface area contributed by atoms with Crippen LogP contribution in [0.15, 0.2) is 29.7 Å². The number of carbonyl (C=O) groups excluding carboxylic acids is 1. The molecule has 0 bridgehead atoms. The normalized spacial score (nSPS) is 12.8. The number of aromatic nitrogens is 3. The lowest BCUT2D eigenvalue weighted by molar-refractivity contribution is -0.137. The fourth-order valence-electron chi connectivity index (χ4n) is 2.17. The van der Waals surface area contributed by atoms with Gasteiger partial charge in [-0.05, 0) is 31.5 Å². The van der Waals surface area contributed by atoms with Crippen LogP contribution in [0.4, 0.5) is 18.9 Å². The van der Waals surface area contributed by atoms with E-state index >= 15 is 0 Å². The number of methoxy groups -OCH3 is 1. The molecule has 1 aromatic carbocycles. The van der Waals surface area contributed by atoms with Gasteiger partial charge in [0.25, 0.3) is 0 Å². The van der Waals surface area contributed by atoms with Gasteiger partial charge in [0.2, 0.25) is 5.91 Å². The summed E-state index contributed by atoms with van der Waals surface area (Å²) in [7, 11) is 1.60. The van der Waals surface area contributed by atoms with Crippen molar-refractivity contribution in [1.29, 1.82) is 0 Å². The molecule has 2 rings (SSSR count). The van der Waals surface area contributed by atoms with E-state index in [0.717, 1.165) is 30.3 Å². The number of amides is 1. The van der Waals surface area contributed by atoms with Gasteiger partial charge in [0.15, 0.2) is 5.16 Å². The van der Waals surface area contributed by atoms with E-state index < -0.39 is 22.9 Å². The maximum atomic E-state index is 13.1. The SMILES string of the molecule is COCCCn1cnnc1SC(C)C(=O)Nc1ccc(Cl)cc1C(F)(F)F. The van der Waals surface area contributed by atoms with Crippen molar-refractivity contribution in [3.63, 3.8) is 0 Å². The van der Waals surface area contributed by atoms with E-state index in [0.29, 0.717) is 18.3 Å². The second-order valence-electron chi connectivity index (χ2n) is 5.59. The lowest BCUT2D eigenvalue weighted by atomic mass is 10.1. The van der Waals surface area contributed by atoms with Crippen LogP contribution < -0.4 is 5.32 Å². The Hall–Kier alpha value is -1.78. The molecule has 1 N–H and O–H groups in total. The monoisotopic (exact) mass is 422 g/mol. The van der Waals surface area contributed by atoms with Gasteiger partial charge in [-0.15, -0.1) is 10.2 Å². The molecule has 0 spiro atoms. The van der Waals surface area contributed by atoms with Crippen molar-refractivity contribution in [2.24, 2.45) is 0 Å². The summed E-state index contributed by atoms with van der Waals surface area (Å²) < 4.78 is 46.2. The van der Waals surface area contributed by atoms with Gasteiger partial charge in [-0.1, -0.05) is 23.4 Å². The van der Waals surface area contributed by atoms with E-state index in [-0.39, 0.29) is 10.7 Å². The van der Waals surface area contributed by atoms with Crippen LogP contribution in [0.3, 0.4) is 0 Å². The Balaban J connectivity index is 2.06. The summed E-state index contributed by atoms with van der Waals surface area (Å²) in [6, 6.07) is 3.20. The molecule has 27 heavy (non-hydrogen) atoms. The Kier molecular flexibility index (Phi) is 7.51. The number of carbonyl (C=O) groups is 1. The number of ether oxygens (including phenoxy) is 1. The van der Waals surface area contributed by atoms with Crippen LogP contribution in [0.25, 0.3) is 0 Å². The van der Waals surface area contributed by atoms with E-state index in [1.165, 1.54) is 12.4 Å². The molecule has 148 valence electrons. The lowest BCUT2D eigenvalue weighted by Crippen LogP contribution is -2.24. The van der Waals surface area contributed by atoms with Crippen molar-refractivity contribution < 1.29 is 22.7 Å². The summed E-state index contributed by atoms with van der Waals surface area (Å²) in [6.07, 6.45) is -2.36. The van der Waals surface area contributed by atoms with Crippen LogP contribution in [-0.2, 0) is 22.3 Å². The van der Waals surface area contributed by atoms with Crippen LogP contribution in [0.5, 0.6) is 0 Å². The summed E-state index contributed by atoms with van der Waals surface area (Å²) in [5.41, 5.74) is -1.34. The quantitative estimate of drug-likeness (QED) is 0.512. The first kappa shape index (κ1) is 21.5. The Morgan fingerprint density at radius 1 is 1.44 bits per heavy atom. The van der Waals surface area contributed by atoms with Gasteiger partial charge in [0.1, 0.15) is 6.33 Å². The van der Waals surface area contributed by atoms with Crippen molar-refractivity contribution in [2.75, 3.05) is 19.0 Å². The first-order chi connectivity index (χ1) is 12.7. The smallest absolute Gasteiger partial charge is 0.385 e. The third kappa shape index (κ3) is 6.12. The van der Waals surface area contributed by atoms with Gasteiger partial charge in [-0.2, -0.15) is 13.2 Å². The summed E-state index contributed by atoms with van der Waals surface area (Å²) in [5, 5.41) is 9.82. The maximum Gasteiger partial charge on any atom is 0.418 e. The standard InChI is InChI=1S/C16H18ClF3N4O2S/c1-10(27-15-23-21-9-24(15)6-3-7-26-2)14(25)22-13-5-4-11(17)8-12(13)16(18,19)20/h4-5,8-10H,3,6-7H2,1-2H3,(H,22,25). The number of nitrogens with zero attached hydrogens (tertiary/aromatic N) is 3. The van der Waals surface area contributed by atoms with Gasteiger partial charge < -0.3 is 14.6 Å². The molecule has 0 saturated heterocycles. The van der Waals surface area contributed by atoms with E-state index in [1.807, 2.05) is 0 Å². The van der Waals surface area contributed by atoms with Gasteiger partial charge in [0.05, 0.1) is 16.5 Å². The Bertz CT molecular complexity index is 785. The van der Waals surface area contributed by atoms with E-state index in [9.17, 15) is 18.0 Å². The first-order valence-electron chi connectivity index (χ1n) is 7.93. The largest absolute Gasteiger partial charge is 0.418 e. The van der Waals surface area contributed by atoms with Gasteiger partial charge in [-0.3, -0.25) is 4.79 Å². The minimum Gasteiger partial charge on any atom is -0.385 e. The third-order valence-corrected chi connectivity index (χ3v) is 4.85. The molecule has 1 amide bonds. The zero-order valence-electron chi connectivity index (χ0n) is 14.6. The minimum absolute atomic E-state index is 0.0630. The minimum atomic E-state index is -4.63. The molecule has 2 aromatic rings. The number of benzene rings is 1. The second kappa shape index (κ2) is 9.43. The molecule has 0 aliphatic carbocycles. The summed E-state index contributed by atoms with van der Waals surface area (Å²) in [5.74, 6) is -0.584. The number of nitrogens with one attached hydrogen (secondary N) is 1. The van der Waals surface area contributed by atoms with Gasteiger partial charge in [0, 0.05) is 25.3 Å². The Morgan fingerprint density at radius 2 is 2.19 bits per heavy atom. The average molecular weight is 423 g/mol. The summed E-state index contributed by atoms with van der Waals surface area (Å²) in [6.45, 7) is 2.75. The fraction of sp³-hybridized carbons (Fsp3) is 0.438. The first-order valence-corrected chi connectivity index (χ1v) is 9.19. The Morgan fingerprint density at radius 3 is 2.85 bits per heavy atom. The van der Waals surface area contributed by atoms with Crippen LogP contribution in [-0.4, -0.2) is 39.6 Å². The molecular formula is C16H18ClF3N4O2S. The molecule has 11 heteroatoms. The molecule has 1 aromatic heterocycles. The van der Waals surface area contributed by atoms with Crippen LogP contribution in [0.1, 0.15) is 18.9 Å². The van der Waals surface area contributed by atoms with Gasteiger partial charge >= 0.3 is 6.18 Å². The zero-order chi connectivity index (χ0) is 20.0. The number of hydrogen-bond acceptors (Lipinski definition) is 5. The van der Waals surface area contributed by atoms with Crippen molar-refractivity contribution >= 4 is 35.0 Å². The number of rotatable bonds is 8. The molecule has 0 aliphatic rings. The number of hydrogen-bond donors (Lipinski definition) is 1. The average Bonchev–Trinajstić information content (AvgIpc) is 3.02. The highest BCUT2D eigenvalue weighted by Crippen LogP contribution is 2.36. The third-order valence-electron chi connectivity index (χ3n) is 3.52. The highest BCUT2D eigenvalue weighted by atomic mass is 35.5. The van der Waals surface area contributed by atoms with Crippen molar-refractivity contribution in [2.45, 2.75) is 36.5 Å². The van der Waals surface area contributed by atoms with Crippen LogP contribution in [0.2, 0.25) is 5.02 Å². The van der Waals surface area contributed by atoms with E-state index in [1.54, 1.807) is 18.6 Å². The predicted molar refractivity (Wildman–Crippen MR) is 96.9 cm³/mol. The molecule has 0 saturated carbocycles. The van der Waals surface area contributed by atoms with Crippen molar-refractivity contribution in [1.82, 2.24) is 14.8 Å². The predicted octanol–water partition coefficient (Wildman–Crippen LogP) is 4.11. The molecule has 1 heterocycles. The molecule has 0 radical (unpaired) electrons. The number of aryl methyl sites for hydroxylation is 1. The van der Waals surface area contributed by atoms with Crippen molar-refractivity contribution in [3.05, 3.63) is 35.1 Å². The second-order valence-corrected chi connectivity index (χ2v) is 7.33. The number of anilines is 1. The van der Waals surface area contributed by atoms with Crippen molar-refractivity contribution in [3.8, 4) is 0 Å². The number of thioether (sulfide) groups is 1. The molecule has 1 unspecified atom stereocenters. The van der Waals surface area contributed by atoms with E-state index in [2.05, 4.69) is 15.5 Å². The maximum absolute atomic E-state index is 13.1. The molecule has 0 fully saturated rings. The molecule has 0 aliphatic heterocycles. The number of halogens is 4. The summed E-state index contributed by atoms with van der Waals surface area (Å²) in [4.78, 5) is 12.4. The molecule has 1 atom stereocenters. The lowest BCUT2D eigenvalue weighted by Gasteiger charge is -2.16. The summed E-state index contributed by atoms with van der Waals surface area (Å²) >= 11 is 6.75. The molecular weight excluding hydrogens is 405 g/mol.